The van der Waals surface area contributed by atoms with E-state index in [1.54, 1.807) is 0 Å². The summed E-state index contributed by atoms with van der Waals surface area (Å²) in [4.78, 5) is 14.3. The highest BCUT2D eigenvalue weighted by molar-refractivity contribution is 7.92. The predicted octanol–water partition coefficient (Wildman–Crippen LogP) is 6.58. The van der Waals surface area contributed by atoms with E-state index in [0.717, 1.165) is 42.5 Å². The Morgan fingerprint density at radius 3 is 1.87 bits per heavy atom. The lowest BCUT2D eigenvalue weighted by Gasteiger charge is -2.48. The Labute approximate surface area is 263 Å². The summed E-state index contributed by atoms with van der Waals surface area (Å²) in [6.45, 7) is -0.756. The third-order valence-corrected chi connectivity index (χ3v) is 11.1. The van der Waals surface area contributed by atoms with Crippen LogP contribution in [-0.2, 0) is 41.1 Å². The molecule has 0 N–H and O–H groups in total. The number of carbonyl (C=O) groups is 1. The van der Waals surface area contributed by atoms with Gasteiger partial charge in [0.25, 0.3) is 5.60 Å². The van der Waals surface area contributed by atoms with Gasteiger partial charge in [0.05, 0.1) is 24.7 Å². The fraction of sp³-hybridized carbons (Fsp3) is 0.387. The van der Waals surface area contributed by atoms with Gasteiger partial charge < -0.3 is 14.4 Å². The summed E-state index contributed by atoms with van der Waals surface area (Å²) in [5, 5.41) is 0. The van der Waals surface area contributed by atoms with Crippen molar-refractivity contribution in [2.45, 2.75) is 47.0 Å². The maximum atomic E-state index is 14.4. The second kappa shape index (κ2) is 12.4. The molecule has 6 nitrogen and oxygen atoms in total. The van der Waals surface area contributed by atoms with Crippen LogP contribution in [0.5, 0.6) is 0 Å². The van der Waals surface area contributed by atoms with Gasteiger partial charge in [-0.05, 0) is 54.8 Å². The van der Waals surface area contributed by atoms with Crippen LogP contribution in [0.1, 0.15) is 29.5 Å². The molecule has 3 aromatic carbocycles. The first-order chi connectivity index (χ1) is 21.9. The van der Waals surface area contributed by atoms with Gasteiger partial charge in [0, 0.05) is 30.1 Å². The topological polar surface area (TPSA) is 72.9 Å². The van der Waals surface area contributed by atoms with Crippen LogP contribution in [0.3, 0.4) is 0 Å². The van der Waals surface area contributed by atoms with E-state index in [9.17, 15) is 52.7 Å². The highest BCUT2D eigenvalue weighted by Crippen LogP contribution is 2.57. The van der Waals surface area contributed by atoms with Crippen molar-refractivity contribution in [1.82, 2.24) is 4.90 Å². The van der Waals surface area contributed by atoms with E-state index in [-0.39, 0.29) is 49.6 Å². The van der Waals surface area contributed by atoms with Crippen LogP contribution in [0.4, 0.5) is 39.5 Å². The van der Waals surface area contributed by atoms with Gasteiger partial charge in [-0.1, -0.05) is 30.3 Å². The normalized spacial score (nSPS) is 21.0. The molecule has 254 valence electrons. The molecule has 1 saturated carbocycles. The van der Waals surface area contributed by atoms with Crippen LogP contribution in [0.2, 0.25) is 0 Å². The lowest BCUT2D eigenvalue weighted by atomic mass is 9.69. The Balaban J connectivity index is 1.56. The molecule has 0 atom stereocenters. The number of benzene rings is 3. The number of hydrogen-bond acceptors (Lipinski definition) is 5. The maximum absolute atomic E-state index is 14.4. The average molecular weight is 696 g/mol. The minimum absolute atomic E-state index is 0.227. The summed E-state index contributed by atoms with van der Waals surface area (Å²) in [7, 11) is -4.51. The molecule has 1 heterocycles. The van der Waals surface area contributed by atoms with Crippen LogP contribution in [-0.4, -0.2) is 57.9 Å². The number of nitrogens with zero attached hydrogens (tertiary/aromatic N) is 1. The Hall–Kier alpha value is -3.63. The number of alkyl halides is 6. The van der Waals surface area contributed by atoms with E-state index in [0.29, 0.717) is 24.3 Å². The van der Waals surface area contributed by atoms with Crippen molar-refractivity contribution in [2.75, 3.05) is 26.3 Å². The van der Waals surface area contributed by atoms with Crippen LogP contribution in [0.25, 0.3) is 0 Å². The van der Waals surface area contributed by atoms with Gasteiger partial charge in [-0.15, -0.1) is 0 Å². The molecule has 47 heavy (non-hydrogen) atoms. The Morgan fingerprint density at radius 2 is 1.36 bits per heavy atom. The van der Waals surface area contributed by atoms with E-state index < -0.39 is 79.5 Å². The average Bonchev–Trinajstić information content (AvgIpc) is 2.98. The van der Waals surface area contributed by atoms with Crippen molar-refractivity contribution < 1.29 is 62.2 Å². The first-order valence-corrected chi connectivity index (χ1v) is 15.6. The monoisotopic (exact) mass is 695 g/mol. The Kier molecular flexibility index (Phi) is 9.18. The van der Waals surface area contributed by atoms with Gasteiger partial charge in [0.1, 0.15) is 22.2 Å². The first kappa shape index (κ1) is 34.7. The van der Waals surface area contributed by atoms with Crippen molar-refractivity contribution in [3.8, 4) is 0 Å². The molecule has 1 aliphatic carbocycles. The molecule has 0 unspecified atom stereocenters. The maximum Gasteiger partial charge on any atom is 0.430 e. The number of sulfone groups is 1. The lowest BCUT2D eigenvalue weighted by molar-refractivity contribution is -0.392. The quantitative estimate of drug-likeness (QED) is 0.197. The van der Waals surface area contributed by atoms with E-state index in [4.69, 9.17) is 4.74 Å². The Morgan fingerprint density at radius 1 is 0.830 bits per heavy atom. The molecule has 5 rings (SSSR count). The molecule has 0 aromatic heterocycles. The van der Waals surface area contributed by atoms with Gasteiger partial charge in [-0.2, -0.15) is 26.3 Å². The zero-order valence-corrected chi connectivity index (χ0v) is 25.0. The largest absolute Gasteiger partial charge is 0.430 e. The summed E-state index contributed by atoms with van der Waals surface area (Å²) < 4.78 is 164. The molecule has 1 aliphatic heterocycles. The number of halogens is 9. The molecular weight excluding hydrogens is 669 g/mol. The van der Waals surface area contributed by atoms with E-state index in [1.807, 2.05) is 0 Å². The highest BCUT2D eigenvalue weighted by Gasteiger charge is 2.73. The van der Waals surface area contributed by atoms with E-state index in [2.05, 4.69) is 4.74 Å². The highest BCUT2D eigenvalue weighted by atomic mass is 32.2. The second-order valence-electron chi connectivity index (χ2n) is 11.2. The van der Waals surface area contributed by atoms with Crippen molar-refractivity contribution in [3.63, 3.8) is 0 Å². The van der Waals surface area contributed by atoms with Crippen molar-refractivity contribution in [2.24, 2.45) is 5.92 Å². The summed E-state index contributed by atoms with van der Waals surface area (Å²) in [5.74, 6) is -4.87. The predicted molar refractivity (Wildman–Crippen MR) is 147 cm³/mol. The number of amides is 1. The number of rotatable bonds is 8. The third kappa shape index (κ3) is 5.99. The molecule has 2 aliphatic rings. The third-order valence-electron chi connectivity index (χ3n) is 8.57. The molecule has 16 heteroatoms. The van der Waals surface area contributed by atoms with Crippen LogP contribution < -0.4 is 0 Å². The molecule has 0 radical (unpaired) electrons. The van der Waals surface area contributed by atoms with E-state index in [1.165, 1.54) is 4.90 Å². The minimum atomic E-state index is -6.21. The SMILES string of the molecule is O=C([C@H]1C[C@@](c2ccc(C(OCc3c(F)cccc3F)(C(F)(F)F)C(F)(F)F)cc2)(S(=O)(=O)c2ccc(F)cc2)C1)N1CCOCC1. The standard InChI is InChI=1S/C31H26F9NO5S/c32-22-8-10-23(11-9-22)47(43,44)28(16-19(17-28)27(42)41-12-14-45-15-13-41)20-4-6-21(7-5-20)29(30(35,36)37,31(38,39)40)46-18-24-25(33)2-1-3-26(24)34/h1-11,19H,12-18H2/t19-,28+. The lowest BCUT2D eigenvalue weighted by Crippen LogP contribution is -2.56. The van der Waals surface area contributed by atoms with Crippen molar-refractivity contribution >= 4 is 15.7 Å². The molecule has 1 saturated heterocycles. The smallest absolute Gasteiger partial charge is 0.378 e. The second-order valence-corrected chi connectivity index (χ2v) is 13.5. The van der Waals surface area contributed by atoms with Crippen molar-refractivity contribution in [3.05, 3.63) is 101 Å². The number of morpholine rings is 1. The molecule has 0 bridgehead atoms. The van der Waals surface area contributed by atoms with E-state index >= 15 is 0 Å². The number of ether oxygens (including phenoxy) is 2. The Bertz CT molecular complexity index is 1680. The fourth-order valence-corrected chi connectivity index (χ4v) is 8.23. The number of hydrogen-bond donors (Lipinski definition) is 0. The summed E-state index contributed by atoms with van der Waals surface area (Å²) in [6.07, 6.45) is -13.2. The minimum Gasteiger partial charge on any atom is -0.378 e. The molecule has 3 aromatic rings. The van der Waals surface area contributed by atoms with Crippen molar-refractivity contribution in [1.29, 1.82) is 0 Å². The van der Waals surface area contributed by atoms with Crippen LogP contribution in [0.15, 0.2) is 71.6 Å². The molecule has 0 spiro atoms. The van der Waals surface area contributed by atoms with Gasteiger partial charge >= 0.3 is 12.4 Å². The molecule has 2 fully saturated rings. The zero-order chi connectivity index (χ0) is 34.4. The number of carbonyl (C=O) groups excluding carboxylic acids is 1. The first-order valence-electron chi connectivity index (χ1n) is 14.1. The summed E-state index contributed by atoms with van der Waals surface area (Å²) >= 11 is 0. The van der Waals surface area contributed by atoms with Gasteiger partial charge in [-0.3, -0.25) is 4.79 Å². The zero-order valence-electron chi connectivity index (χ0n) is 24.2. The fourth-order valence-electron chi connectivity index (χ4n) is 6.00. The molecular formula is C31H26F9NO5S. The van der Waals surface area contributed by atoms with Gasteiger partial charge in [-0.25, -0.2) is 21.6 Å². The van der Waals surface area contributed by atoms with Crippen LogP contribution >= 0.6 is 0 Å². The van der Waals surface area contributed by atoms with Crippen LogP contribution in [0, 0.1) is 23.4 Å². The summed E-state index contributed by atoms with van der Waals surface area (Å²) in [6, 6.07) is 8.08. The summed E-state index contributed by atoms with van der Waals surface area (Å²) in [5.41, 5.74) is -8.01. The van der Waals surface area contributed by atoms with Gasteiger partial charge in [0.15, 0.2) is 9.84 Å². The molecule has 1 amide bonds. The van der Waals surface area contributed by atoms with Gasteiger partial charge in [0.2, 0.25) is 5.91 Å².